The fourth-order valence-corrected chi connectivity index (χ4v) is 3.23. The molecule has 3 rings (SSSR count). The summed E-state index contributed by atoms with van der Waals surface area (Å²) in [6.07, 6.45) is 2.82. The van der Waals surface area contributed by atoms with Gasteiger partial charge in [-0.25, -0.2) is 4.39 Å². The highest BCUT2D eigenvalue weighted by atomic mass is 35.5. The van der Waals surface area contributed by atoms with E-state index in [2.05, 4.69) is 16.9 Å². The molecule has 2 aromatic rings. The number of carbonyl (C=O) groups is 1. The lowest BCUT2D eigenvalue weighted by Crippen LogP contribution is -2.48. The Morgan fingerprint density at radius 1 is 1.24 bits per heavy atom. The molecule has 1 fully saturated rings. The summed E-state index contributed by atoms with van der Waals surface area (Å²) in [5.74, 6) is -0.328. The minimum atomic E-state index is -0.285. The molecule has 1 saturated heterocycles. The largest absolute Gasteiger partial charge is 0.335 e. The molecule has 0 unspecified atom stereocenters. The van der Waals surface area contributed by atoms with E-state index in [1.54, 1.807) is 27.8 Å². The van der Waals surface area contributed by atoms with E-state index >= 15 is 0 Å². The summed E-state index contributed by atoms with van der Waals surface area (Å²) in [4.78, 5) is 16.5. The topological polar surface area (TPSA) is 41.4 Å². The molecule has 0 bridgehead atoms. The van der Waals surface area contributed by atoms with Gasteiger partial charge in [0.2, 0.25) is 0 Å². The zero-order valence-electron chi connectivity index (χ0n) is 14.3. The first-order valence-electron chi connectivity index (χ1n) is 8.56. The highest BCUT2D eigenvalue weighted by Crippen LogP contribution is 2.21. The molecule has 134 valence electrons. The molecule has 0 spiro atoms. The predicted molar refractivity (Wildman–Crippen MR) is 95.1 cm³/mol. The van der Waals surface area contributed by atoms with Gasteiger partial charge in [0, 0.05) is 56.1 Å². The van der Waals surface area contributed by atoms with Crippen LogP contribution in [0.15, 0.2) is 30.5 Å². The number of piperazine rings is 1. The van der Waals surface area contributed by atoms with Crippen molar-refractivity contribution in [2.75, 3.05) is 26.2 Å². The van der Waals surface area contributed by atoms with E-state index in [0.29, 0.717) is 49.0 Å². The zero-order chi connectivity index (χ0) is 17.8. The Bertz CT molecular complexity index is 720. The first-order valence-corrected chi connectivity index (χ1v) is 8.94. The van der Waals surface area contributed by atoms with Crippen LogP contribution in [-0.4, -0.2) is 51.7 Å². The van der Waals surface area contributed by atoms with Gasteiger partial charge in [0.05, 0.1) is 0 Å². The van der Waals surface area contributed by atoms with Crippen molar-refractivity contribution < 1.29 is 9.18 Å². The number of rotatable bonds is 5. The Kier molecular flexibility index (Phi) is 5.71. The molecule has 0 N–H and O–H groups in total. The number of benzene rings is 1. The summed E-state index contributed by atoms with van der Waals surface area (Å²) in [5.41, 5.74) is 1.00. The maximum absolute atomic E-state index is 13.9. The summed E-state index contributed by atoms with van der Waals surface area (Å²) in [6, 6.07) is 6.50. The SMILES string of the molecule is CCCn1ccc(C(=O)N2CCN(Cc3c(F)cccc3Cl)CC2)n1. The van der Waals surface area contributed by atoms with Crippen molar-refractivity contribution in [3.05, 3.63) is 52.6 Å². The second-order valence-electron chi connectivity index (χ2n) is 6.23. The van der Waals surface area contributed by atoms with Crippen LogP contribution in [0, 0.1) is 5.82 Å². The molecule has 0 saturated carbocycles. The minimum Gasteiger partial charge on any atom is -0.335 e. The second-order valence-corrected chi connectivity index (χ2v) is 6.64. The molecular formula is C18H22ClFN4O. The van der Waals surface area contributed by atoms with Gasteiger partial charge in [-0.2, -0.15) is 5.10 Å². The summed E-state index contributed by atoms with van der Waals surface area (Å²) in [5, 5.41) is 4.77. The number of aromatic nitrogens is 2. The first kappa shape index (κ1) is 17.9. The monoisotopic (exact) mass is 364 g/mol. The third kappa shape index (κ3) is 4.19. The van der Waals surface area contributed by atoms with Crippen LogP contribution in [0.25, 0.3) is 0 Å². The lowest BCUT2D eigenvalue weighted by molar-refractivity contribution is 0.0620. The standard InChI is InChI=1S/C18H22ClFN4O/c1-2-7-24-8-6-17(21-24)18(25)23-11-9-22(10-12-23)13-14-15(19)4-3-5-16(14)20/h3-6,8H,2,7,9-13H2,1H3. The molecule has 1 amide bonds. The first-order chi connectivity index (χ1) is 12.1. The van der Waals surface area contributed by atoms with Crippen LogP contribution in [0.2, 0.25) is 5.02 Å². The molecule has 0 aliphatic carbocycles. The Morgan fingerprint density at radius 3 is 2.68 bits per heavy atom. The van der Waals surface area contributed by atoms with Crippen LogP contribution < -0.4 is 0 Å². The number of amides is 1. The second kappa shape index (κ2) is 7.97. The molecule has 1 aliphatic rings. The van der Waals surface area contributed by atoms with E-state index in [1.165, 1.54) is 6.07 Å². The van der Waals surface area contributed by atoms with E-state index in [4.69, 9.17) is 11.6 Å². The van der Waals surface area contributed by atoms with Crippen LogP contribution in [0.1, 0.15) is 29.4 Å². The molecule has 1 aromatic heterocycles. The maximum Gasteiger partial charge on any atom is 0.274 e. The summed E-state index contributed by atoms with van der Waals surface area (Å²) in [7, 11) is 0. The van der Waals surface area contributed by atoms with Crippen molar-refractivity contribution in [2.45, 2.75) is 26.4 Å². The van der Waals surface area contributed by atoms with Gasteiger partial charge in [-0.05, 0) is 24.6 Å². The normalized spacial score (nSPS) is 15.6. The van der Waals surface area contributed by atoms with Gasteiger partial charge in [0.15, 0.2) is 0 Å². The molecule has 7 heteroatoms. The average molecular weight is 365 g/mol. The van der Waals surface area contributed by atoms with Gasteiger partial charge < -0.3 is 4.90 Å². The van der Waals surface area contributed by atoms with Crippen molar-refractivity contribution in [2.24, 2.45) is 0 Å². The van der Waals surface area contributed by atoms with Crippen molar-refractivity contribution >= 4 is 17.5 Å². The molecule has 0 atom stereocenters. The highest BCUT2D eigenvalue weighted by Gasteiger charge is 2.24. The van der Waals surface area contributed by atoms with Crippen LogP contribution in [-0.2, 0) is 13.1 Å². The van der Waals surface area contributed by atoms with Gasteiger partial charge in [0.25, 0.3) is 5.91 Å². The Balaban J connectivity index is 1.57. The van der Waals surface area contributed by atoms with E-state index in [1.807, 2.05) is 6.20 Å². The highest BCUT2D eigenvalue weighted by molar-refractivity contribution is 6.31. The van der Waals surface area contributed by atoms with Crippen LogP contribution >= 0.6 is 11.6 Å². The van der Waals surface area contributed by atoms with Gasteiger partial charge in [-0.3, -0.25) is 14.4 Å². The Morgan fingerprint density at radius 2 is 2.00 bits per heavy atom. The molecule has 5 nitrogen and oxygen atoms in total. The molecular weight excluding hydrogens is 343 g/mol. The minimum absolute atomic E-state index is 0.0431. The van der Waals surface area contributed by atoms with Crippen molar-refractivity contribution in [3.63, 3.8) is 0 Å². The van der Waals surface area contributed by atoms with Crippen molar-refractivity contribution in [3.8, 4) is 0 Å². The number of nitrogens with zero attached hydrogens (tertiary/aromatic N) is 4. The zero-order valence-corrected chi connectivity index (χ0v) is 15.0. The number of hydrogen-bond acceptors (Lipinski definition) is 3. The van der Waals surface area contributed by atoms with Crippen LogP contribution in [0.3, 0.4) is 0 Å². The van der Waals surface area contributed by atoms with Crippen LogP contribution in [0.4, 0.5) is 4.39 Å². The van der Waals surface area contributed by atoms with E-state index in [-0.39, 0.29) is 11.7 Å². The summed E-state index contributed by atoms with van der Waals surface area (Å²) < 4.78 is 15.7. The van der Waals surface area contributed by atoms with Gasteiger partial charge >= 0.3 is 0 Å². The van der Waals surface area contributed by atoms with Crippen molar-refractivity contribution in [1.82, 2.24) is 19.6 Å². The summed E-state index contributed by atoms with van der Waals surface area (Å²) in [6.45, 7) is 5.92. The Hall–Kier alpha value is -1.92. The fourth-order valence-electron chi connectivity index (χ4n) is 3.01. The Labute approximate surface area is 152 Å². The maximum atomic E-state index is 13.9. The quantitative estimate of drug-likeness (QED) is 0.818. The third-order valence-corrected chi connectivity index (χ3v) is 4.77. The molecule has 2 heterocycles. The summed E-state index contributed by atoms with van der Waals surface area (Å²) >= 11 is 6.09. The van der Waals surface area contributed by atoms with Gasteiger partial charge in [-0.15, -0.1) is 0 Å². The number of hydrogen-bond donors (Lipinski definition) is 0. The van der Waals surface area contributed by atoms with Gasteiger partial charge in [0.1, 0.15) is 11.5 Å². The molecule has 25 heavy (non-hydrogen) atoms. The average Bonchev–Trinajstić information content (AvgIpc) is 3.07. The fraction of sp³-hybridized carbons (Fsp3) is 0.444. The van der Waals surface area contributed by atoms with E-state index < -0.39 is 0 Å². The number of aryl methyl sites for hydroxylation is 1. The van der Waals surface area contributed by atoms with Crippen LogP contribution in [0.5, 0.6) is 0 Å². The number of halogens is 2. The lowest BCUT2D eigenvalue weighted by Gasteiger charge is -2.34. The van der Waals surface area contributed by atoms with Crippen molar-refractivity contribution in [1.29, 1.82) is 0 Å². The number of carbonyl (C=O) groups excluding carboxylic acids is 1. The molecule has 1 aliphatic heterocycles. The lowest BCUT2D eigenvalue weighted by atomic mass is 10.1. The third-order valence-electron chi connectivity index (χ3n) is 4.42. The smallest absolute Gasteiger partial charge is 0.274 e. The molecule has 0 radical (unpaired) electrons. The van der Waals surface area contributed by atoms with Gasteiger partial charge in [-0.1, -0.05) is 24.6 Å². The van der Waals surface area contributed by atoms with E-state index in [9.17, 15) is 9.18 Å². The predicted octanol–water partition coefficient (Wildman–Crippen LogP) is 3.04. The van der Waals surface area contributed by atoms with E-state index in [0.717, 1.165) is 13.0 Å². The molecule has 1 aromatic carbocycles.